The van der Waals surface area contributed by atoms with E-state index in [0.29, 0.717) is 5.58 Å². The molecule has 1 saturated carbocycles. The lowest BCUT2D eigenvalue weighted by Gasteiger charge is -2.11. The van der Waals surface area contributed by atoms with E-state index in [9.17, 15) is 9.59 Å². The van der Waals surface area contributed by atoms with Gasteiger partial charge in [-0.25, -0.2) is 4.79 Å². The second-order valence-electron chi connectivity index (χ2n) is 5.28. The molecule has 1 aliphatic carbocycles. The van der Waals surface area contributed by atoms with E-state index in [4.69, 9.17) is 9.52 Å². The van der Waals surface area contributed by atoms with Gasteiger partial charge in [-0.2, -0.15) is 0 Å². The van der Waals surface area contributed by atoms with Gasteiger partial charge in [0.1, 0.15) is 11.6 Å². The molecule has 1 amide bonds. The molecular formula is C15H15NO4. The highest BCUT2D eigenvalue weighted by atomic mass is 16.4. The number of furan rings is 1. The summed E-state index contributed by atoms with van der Waals surface area (Å²) in [6, 6.07) is 6.45. The Morgan fingerprint density at radius 1 is 1.35 bits per heavy atom. The number of rotatable bonds is 4. The molecule has 1 aromatic carbocycles. The number of aliphatic carboxylic acids is 1. The zero-order valence-electron chi connectivity index (χ0n) is 11.1. The number of aryl methyl sites for hydroxylation is 1. The summed E-state index contributed by atoms with van der Waals surface area (Å²) in [5.41, 5.74) is 1.70. The molecule has 104 valence electrons. The van der Waals surface area contributed by atoms with Gasteiger partial charge in [0.05, 0.1) is 0 Å². The molecule has 0 radical (unpaired) electrons. The summed E-state index contributed by atoms with van der Waals surface area (Å²) >= 11 is 0. The molecule has 5 nitrogen and oxygen atoms in total. The summed E-state index contributed by atoms with van der Waals surface area (Å²) in [6.07, 6.45) is 1.69. The number of benzene rings is 1. The number of fused-ring (bicyclic) bond motifs is 1. The average molecular weight is 273 g/mol. The smallest absolute Gasteiger partial charge is 0.326 e. The number of amides is 1. The maximum absolute atomic E-state index is 12.1. The topological polar surface area (TPSA) is 79.5 Å². The molecule has 1 aromatic heterocycles. The van der Waals surface area contributed by atoms with Crippen molar-refractivity contribution in [2.45, 2.75) is 25.8 Å². The van der Waals surface area contributed by atoms with E-state index in [1.165, 1.54) is 0 Å². The maximum atomic E-state index is 12.1. The average Bonchev–Trinajstić information content (AvgIpc) is 3.14. The molecule has 0 saturated heterocycles. The van der Waals surface area contributed by atoms with Crippen LogP contribution < -0.4 is 5.32 Å². The summed E-state index contributed by atoms with van der Waals surface area (Å²) in [5.74, 6) is -1.27. The van der Waals surface area contributed by atoms with Crippen LogP contribution in [-0.2, 0) is 4.79 Å². The summed E-state index contributed by atoms with van der Waals surface area (Å²) in [4.78, 5) is 23.2. The van der Waals surface area contributed by atoms with E-state index < -0.39 is 17.9 Å². The summed E-state index contributed by atoms with van der Waals surface area (Å²) in [5, 5.41) is 12.5. The molecule has 0 bridgehead atoms. The Balaban J connectivity index is 1.82. The molecule has 2 aromatic rings. The van der Waals surface area contributed by atoms with Crippen molar-refractivity contribution >= 4 is 22.8 Å². The molecule has 1 fully saturated rings. The minimum absolute atomic E-state index is 0.0445. The number of hydrogen-bond donors (Lipinski definition) is 2. The molecule has 20 heavy (non-hydrogen) atoms. The first-order chi connectivity index (χ1) is 9.54. The van der Waals surface area contributed by atoms with Crippen LogP contribution >= 0.6 is 0 Å². The van der Waals surface area contributed by atoms with Gasteiger partial charge in [-0.3, -0.25) is 4.79 Å². The molecular weight excluding hydrogens is 258 g/mol. The first-order valence-corrected chi connectivity index (χ1v) is 6.58. The van der Waals surface area contributed by atoms with Gasteiger partial charge in [0.25, 0.3) is 5.91 Å². The van der Waals surface area contributed by atoms with Crippen molar-refractivity contribution < 1.29 is 19.1 Å². The first-order valence-electron chi connectivity index (χ1n) is 6.58. The fraction of sp³-hybridized carbons (Fsp3) is 0.333. The number of carbonyl (C=O) groups excluding carboxylic acids is 1. The molecule has 1 heterocycles. The van der Waals surface area contributed by atoms with Gasteiger partial charge in [0, 0.05) is 5.39 Å². The second kappa shape index (κ2) is 4.67. The number of carbonyl (C=O) groups is 2. The minimum atomic E-state index is -0.993. The fourth-order valence-electron chi connectivity index (χ4n) is 2.30. The summed E-state index contributed by atoms with van der Waals surface area (Å²) < 4.78 is 5.46. The van der Waals surface area contributed by atoms with Gasteiger partial charge in [0.2, 0.25) is 0 Å². The number of carboxylic acids is 1. The second-order valence-corrected chi connectivity index (χ2v) is 5.28. The quantitative estimate of drug-likeness (QED) is 0.896. The van der Waals surface area contributed by atoms with Crippen LogP contribution in [0.2, 0.25) is 0 Å². The lowest BCUT2D eigenvalue weighted by molar-refractivity contribution is -0.139. The van der Waals surface area contributed by atoms with Gasteiger partial charge < -0.3 is 14.8 Å². The highest BCUT2D eigenvalue weighted by molar-refractivity contribution is 5.98. The molecule has 0 spiro atoms. The third kappa shape index (κ3) is 2.39. The van der Waals surface area contributed by atoms with Gasteiger partial charge >= 0.3 is 5.97 Å². The van der Waals surface area contributed by atoms with Crippen molar-refractivity contribution in [1.29, 1.82) is 0 Å². The number of nitrogens with one attached hydrogen (secondary N) is 1. The van der Waals surface area contributed by atoms with E-state index in [1.54, 1.807) is 12.1 Å². The zero-order valence-corrected chi connectivity index (χ0v) is 11.1. The van der Waals surface area contributed by atoms with Crippen LogP contribution in [0.25, 0.3) is 11.0 Å². The lowest BCUT2D eigenvalue weighted by Crippen LogP contribution is -2.42. The molecule has 3 rings (SSSR count). The van der Waals surface area contributed by atoms with Crippen LogP contribution in [0.3, 0.4) is 0 Å². The van der Waals surface area contributed by atoms with Crippen LogP contribution in [0.5, 0.6) is 0 Å². The van der Waals surface area contributed by atoms with Gasteiger partial charge in [-0.15, -0.1) is 0 Å². The highest BCUT2D eigenvalue weighted by Crippen LogP contribution is 2.33. The van der Waals surface area contributed by atoms with Gasteiger partial charge in [-0.05, 0) is 43.9 Å². The van der Waals surface area contributed by atoms with Gasteiger partial charge in [0.15, 0.2) is 5.76 Å². The third-order valence-corrected chi connectivity index (χ3v) is 3.54. The Bertz CT molecular complexity index is 684. The molecule has 1 unspecified atom stereocenters. The monoisotopic (exact) mass is 273 g/mol. The standard InChI is InChI=1S/C15H15NO4/c1-8-2-5-11-10(6-8)7-12(20-11)14(17)16-13(15(18)19)9-3-4-9/h2,5-7,9,13H,3-4H2,1H3,(H,16,17)(H,18,19). The molecule has 1 atom stereocenters. The van der Waals surface area contributed by atoms with Crippen LogP contribution in [0.15, 0.2) is 28.7 Å². The molecule has 1 aliphatic rings. The Labute approximate surface area is 115 Å². The SMILES string of the molecule is Cc1ccc2oc(C(=O)NC(C(=O)O)C3CC3)cc2c1. The summed E-state index contributed by atoms with van der Waals surface area (Å²) in [6.45, 7) is 1.96. The van der Waals surface area contributed by atoms with Crippen molar-refractivity contribution in [3.63, 3.8) is 0 Å². The van der Waals surface area contributed by atoms with Crippen molar-refractivity contribution in [2.75, 3.05) is 0 Å². The highest BCUT2D eigenvalue weighted by Gasteiger charge is 2.37. The normalized spacial score (nSPS) is 16.1. The van der Waals surface area contributed by atoms with Crippen molar-refractivity contribution in [3.8, 4) is 0 Å². The van der Waals surface area contributed by atoms with Gasteiger partial charge in [-0.1, -0.05) is 11.6 Å². The van der Waals surface area contributed by atoms with Crippen molar-refractivity contribution in [3.05, 3.63) is 35.6 Å². The van der Waals surface area contributed by atoms with Crippen LogP contribution in [0.4, 0.5) is 0 Å². The van der Waals surface area contributed by atoms with E-state index >= 15 is 0 Å². The summed E-state index contributed by atoms with van der Waals surface area (Å²) in [7, 11) is 0. The first kappa shape index (κ1) is 12.7. The zero-order chi connectivity index (χ0) is 14.3. The van der Waals surface area contributed by atoms with Crippen molar-refractivity contribution in [2.24, 2.45) is 5.92 Å². The minimum Gasteiger partial charge on any atom is -0.480 e. The Kier molecular flexibility index (Phi) is 2.97. The lowest BCUT2D eigenvalue weighted by atomic mass is 10.1. The van der Waals surface area contributed by atoms with Crippen molar-refractivity contribution in [1.82, 2.24) is 5.32 Å². The van der Waals surface area contributed by atoms with E-state index in [1.807, 2.05) is 19.1 Å². The maximum Gasteiger partial charge on any atom is 0.326 e. The van der Waals surface area contributed by atoms with E-state index in [0.717, 1.165) is 23.8 Å². The molecule has 2 N–H and O–H groups in total. The number of hydrogen-bond acceptors (Lipinski definition) is 3. The number of carboxylic acid groups (broad SMARTS) is 1. The molecule has 0 aliphatic heterocycles. The predicted molar refractivity (Wildman–Crippen MR) is 72.6 cm³/mol. The van der Waals surface area contributed by atoms with Crippen LogP contribution in [0, 0.1) is 12.8 Å². The Morgan fingerprint density at radius 2 is 2.10 bits per heavy atom. The Morgan fingerprint density at radius 3 is 2.75 bits per heavy atom. The third-order valence-electron chi connectivity index (χ3n) is 3.54. The van der Waals surface area contributed by atoms with Crippen LogP contribution in [0.1, 0.15) is 29.0 Å². The largest absolute Gasteiger partial charge is 0.480 e. The fourth-order valence-corrected chi connectivity index (χ4v) is 2.30. The van der Waals surface area contributed by atoms with E-state index in [2.05, 4.69) is 5.32 Å². The Hall–Kier alpha value is -2.30. The molecule has 5 heteroatoms. The van der Waals surface area contributed by atoms with E-state index in [-0.39, 0.29) is 11.7 Å². The predicted octanol–water partition coefficient (Wildman–Crippen LogP) is 2.33. The van der Waals surface area contributed by atoms with Crippen LogP contribution in [-0.4, -0.2) is 23.0 Å².